The lowest BCUT2D eigenvalue weighted by Gasteiger charge is -2.17. The molecule has 0 fully saturated rings. The molecule has 3 N–H and O–H groups in total. The number of allylic oxidation sites excluding steroid dienone is 2. The lowest BCUT2D eigenvalue weighted by molar-refractivity contribution is 0.378. The molecular formula is C24H25NO4. The fourth-order valence-corrected chi connectivity index (χ4v) is 3.78. The minimum absolute atomic E-state index is 0.0103. The van der Waals surface area contributed by atoms with Crippen molar-refractivity contribution in [3.8, 4) is 5.75 Å². The zero-order valence-corrected chi connectivity index (χ0v) is 16.4. The van der Waals surface area contributed by atoms with Crippen molar-refractivity contribution in [1.82, 2.24) is 0 Å². The summed E-state index contributed by atoms with van der Waals surface area (Å²) in [6.07, 6.45) is 4.34. The van der Waals surface area contributed by atoms with Gasteiger partial charge >= 0.3 is 5.63 Å². The minimum atomic E-state index is -0.519. The summed E-state index contributed by atoms with van der Waals surface area (Å²) in [5.74, 6) is 1.27. The van der Waals surface area contributed by atoms with Crippen molar-refractivity contribution in [2.45, 2.75) is 44.6 Å². The Hall–Kier alpha value is -3.05. The van der Waals surface area contributed by atoms with Gasteiger partial charge in [-0.05, 0) is 37.0 Å². The molecule has 5 nitrogen and oxygen atoms in total. The number of benzene rings is 1. The maximum absolute atomic E-state index is 12.9. The minimum Gasteiger partial charge on any atom is -0.507 e. The Morgan fingerprint density at radius 3 is 2.45 bits per heavy atom. The molecule has 3 aromatic rings. The van der Waals surface area contributed by atoms with E-state index in [1.165, 1.54) is 0 Å². The largest absolute Gasteiger partial charge is 0.507 e. The number of rotatable bonds is 8. The topological polar surface area (TPSA) is 89.6 Å². The van der Waals surface area contributed by atoms with Gasteiger partial charge in [-0.2, -0.15) is 0 Å². The van der Waals surface area contributed by atoms with Crippen molar-refractivity contribution < 1.29 is 13.9 Å². The summed E-state index contributed by atoms with van der Waals surface area (Å²) < 4.78 is 11.5. The third-order valence-corrected chi connectivity index (χ3v) is 5.47. The quantitative estimate of drug-likeness (QED) is 0.548. The van der Waals surface area contributed by atoms with Crippen LogP contribution in [0.5, 0.6) is 5.75 Å². The van der Waals surface area contributed by atoms with Crippen LogP contribution in [0.2, 0.25) is 0 Å². The van der Waals surface area contributed by atoms with E-state index in [-0.39, 0.29) is 23.8 Å². The first kappa shape index (κ1) is 19.3. The molecule has 2 atom stereocenters. The average Bonchev–Trinajstić information content (AvgIpc) is 3.45. The highest BCUT2D eigenvalue weighted by Gasteiger charge is 2.33. The summed E-state index contributed by atoms with van der Waals surface area (Å²) in [4.78, 5) is 12.9. The second-order valence-electron chi connectivity index (χ2n) is 7.45. The highest BCUT2D eigenvalue weighted by atomic mass is 16.4. The van der Waals surface area contributed by atoms with Crippen LogP contribution in [0.4, 0.5) is 0 Å². The molecule has 0 saturated heterocycles. The van der Waals surface area contributed by atoms with Gasteiger partial charge in [-0.15, -0.1) is 0 Å². The second-order valence-corrected chi connectivity index (χ2v) is 7.45. The molecule has 4 rings (SSSR count). The Morgan fingerprint density at radius 1 is 1.10 bits per heavy atom. The van der Waals surface area contributed by atoms with E-state index in [1.54, 1.807) is 12.1 Å². The van der Waals surface area contributed by atoms with E-state index in [2.05, 4.69) is 12.1 Å². The van der Waals surface area contributed by atoms with Gasteiger partial charge in [-0.25, -0.2) is 4.79 Å². The molecule has 2 aromatic heterocycles. The average molecular weight is 391 g/mol. The van der Waals surface area contributed by atoms with Crippen LogP contribution in [0, 0.1) is 0 Å². The molecule has 0 amide bonds. The van der Waals surface area contributed by atoms with Crippen LogP contribution in [0.15, 0.2) is 73.8 Å². The van der Waals surface area contributed by atoms with Crippen molar-refractivity contribution in [1.29, 1.82) is 0 Å². The molecule has 2 heterocycles. The maximum Gasteiger partial charge on any atom is 0.343 e. The Bertz CT molecular complexity index is 1080. The fourth-order valence-electron chi connectivity index (χ4n) is 3.78. The first-order valence-corrected chi connectivity index (χ1v) is 9.99. The highest BCUT2D eigenvalue weighted by molar-refractivity contribution is 5.48. The second kappa shape index (κ2) is 8.13. The molecule has 0 aliphatic heterocycles. The Labute approximate surface area is 169 Å². The Balaban J connectivity index is 1.69. The third kappa shape index (κ3) is 4.05. The number of nitrogens with two attached hydrogens (primary N) is 1. The van der Waals surface area contributed by atoms with Crippen molar-refractivity contribution in [3.05, 3.63) is 99.0 Å². The van der Waals surface area contributed by atoms with Gasteiger partial charge < -0.3 is 19.7 Å². The molecule has 0 saturated carbocycles. The van der Waals surface area contributed by atoms with Crippen LogP contribution in [0.1, 0.15) is 60.0 Å². The van der Waals surface area contributed by atoms with Crippen molar-refractivity contribution >= 4 is 0 Å². The lowest BCUT2D eigenvalue weighted by Crippen LogP contribution is -2.16. The van der Waals surface area contributed by atoms with E-state index in [4.69, 9.17) is 14.6 Å². The zero-order chi connectivity index (χ0) is 20.4. The van der Waals surface area contributed by atoms with Crippen molar-refractivity contribution in [3.63, 3.8) is 0 Å². The number of hydrogen-bond acceptors (Lipinski definition) is 5. The van der Waals surface area contributed by atoms with Gasteiger partial charge in [0.25, 0.3) is 0 Å². The molecule has 1 aromatic carbocycles. The van der Waals surface area contributed by atoms with Crippen LogP contribution in [-0.4, -0.2) is 5.11 Å². The highest BCUT2D eigenvalue weighted by Crippen LogP contribution is 2.43. The molecule has 29 heavy (non-hydrogen) atoms. The molecule has 2 unspecified atom stereocenters. The Morgan fingerprint density at radius 2 is 1.86 bits per heavy atom. The van der Waals surface area contributed by atoms with Gasteiger partial charge in [0.2, 0.25) is 0 Å². The van der Waals surface area contributed by atoms with E-state index >= 15 is 0 Å². The summed E-state index contributed by atoms with van der Waals surface area (Å²) in [5.41, 5.74) is 7.56. The van der Waals surface area contributed by atoms with E-state index in [0.717, 1.165) is 30.4 Å². The fraction of sp³-hybridized carbons (Fsp3) is 0.292. The van der Waals surface area contributed by atoms with Gasteiger partial charge in [-0.3, -0.25) is 0 Å². The van der Waals surface area contributed by atoms with Crippen LogP contribution in [-0.2, 0) is 13.0 Å². The summed E-state index contributed by atoms with van der Waals surface area (Å²) in [5, 5.41) is 10.8. The van der Waals surface area contributed by atoms with Crippen molar-refractivity contribution in [2.75, 3.05) is 0 Å². The monoisotopic (exact) mass is 391 g/mol. The molecule has 1 aliphatic carbocycles. The van der Waals surface area contributed by atoms with Crippen LogP contribution in [0.3, 0.4) is 0 Å². The summed E-state index contributed by atoms with van der Waals surface area (Å²) in [6, 6.07) is 15.3. The summed E-state index contributed by atoms with van der Waals surface area (Å²) in [6.45, 7) is 2.33. The molecule has 1 aliphatic rings. The third-order valence-electron chi connectivity index (χ3n) is 5.47. The first-order valence-electron chi connectivity index (χ1n) is 9.99. The summed E-state index contributed by atoms with van der Waals surface area (Å²) in [7, 11) is 0. The van der Waals surface area contributed by atoms with E-state index < -0.39 is 11.5 Å². The number of aromatic hydroxyl groups is 1. The SMILES string of the molecule is CCC(Cc1ccccc1)c1cc(O)c(C(C2=CC2)c2ccc(CN)o2)c(=O)o1. The molecule has 150 valence electrons. The maximum atomic E-state index is 12.9. The van der Waals surface area contributed by atoms with Gasteiger partial charge in [0, 0.05) is 12.0 Å². The number of furan rings is 1. The predicted octanol–water partition coefficient (Wildman–Crippen LogP) is 4.60. The molecule has 0 bridgehead atoms. The van der Waals surface area contributed by atoms with E-state index in [9.17, 15) is 9.90 Å². The van der Waals surface area contributed by atoms with Gasteiger partial charge in [0.15, 0.2) is 0 Å². The first-order chi connectivity index (χ1) is 14.1. The van der Waals surface area contributed by atoms with E-state index in [0.29, 0.717) is 17.3 Å². The normalized spacial score (nSPS) is 15.0. The number of hydrogen-bond donors (Lipinski definition) is 2. The Kier molecular flexibility index (Phi) is 5.41. The van der Waals surface area contributed by atoms with E-state index in [1.807, 2.05) is 37.3 Å². The predicted molar refractivity (Wildman–Crippen MR) is 111 cm³/mol. The van der Waals surface area contributed by atoms with Crippen LogP contribution >= 0.6 is 0 Å². The molecule has 0 spiro atoms. The van der Waals surface area contributed by atoms with Crippen LogP contribution in [0.25, 0.3) is 0 Å². The van der Waals surface area contributed by atoms with Gasteiger partial charge in [0.1, 0.15) is 23.0 Å². The molecule has 0 radical (unpaired) electrons. The standard InChI is InChI=1S/C24H25NO4/c1-2-16(12-15-6-4-3-5-7-15)21-13-19(26)23(24(27)29-21)22(17-8-9-17)20-11-10-18(14-25)28-20/h3-8,10-11,13,16,22,26H,2,9,12,14,25H2,1H3. The van der Waals surface area contributed by atoms with Gasteiger partial charge in [-0.1, -0.05) is 48.9 Å². The van der Waals surface area contributed by atoms with Crippen molar-refractivity contribution in [2.24, 2.45) is 5.73 Å². The van der Waals surface area contributed by atoms with Gasteiger partial charge in [0.05, 0.1) is 18.0 Å². The smallest absolute Gasteiger partial charge is 0.343 e. The summed E-state index contributed by atoms with van der Waals surface area (Å²) >= 11 is 0. The molecular weight excluding hydrogens is 366 g/mol. The zero-order valence-electron chi connectivity index (χ0n) is 16.4. The molecule has 5 heteroatoms. The lowest BCUT2D eigenvalue weighted by atomic mass is 9.91. The van der Waals surface area contributed by atoms with Crippen LogP contribution < -0.4 is 11.4 Å².